The summed E-state index contributed by atoms with van der Waals surface area (Å²) in [6, 6.07) is 28.4. The summed E-state index contributed by atoms with van der Waals surface area (Å²) >= 11 is 0. The Hall–Kier alpha value is -5.11. The normalized spacial score (nSPS) is 14.1. The molecule has 8 heteroatoms. The zero-order chi connectivity index (χ0) is 28.5. The first-order chi connectivity index (χ1) is 20.0. The van der Waals surface area contributed by atoms with E-state index in [0.29, 0.717) is 17.8 Å². The van der Waals surface area contributed by atoms with Crippen LogP contribution in [0.2, 0.25) is 0 Å². The second-order valence-electron chi connectivity index (χ2n) is 10.1. The van der Waals surface area contributed by atoms with E-state index < -0.39 is 12.0 Å². The zero-order valence-electron chi connectivity index (χ0n) is 23.2. The third-order valence-corrected chi connectivity index (χ3v) is 7.37. The molecule has 8 nitrogen and oxygen atoms in total. The summed E-state index contributed by atoms with van der Waals surface area (Å²) in [6.07, 6.45) is 2.02. The van der Waals surface area contributed by atoms with Crippen LogP contribution in [0, 0.1) is 13.8 Å². The summed E-state index contributed by atoms with van der Waals surface area (Å²) in [4.78, 5) is 28.8. The summed E-state index contributed by atoms with van der Waals surface area (Å²) in [5.41, 5.74) is 6.43. The first-order valence-corrected chi connectivity index (χ1v) is 13.7. The Morgan fingerprint density at radius 2 is 1.73 bits per heavy atom. The van der Waals surface area contributed by atoms with E-state index in [1.54, 1.807) is 31.2 Å². The highest BCUT2D eigenvalue weighted by atomic mass is 16.5. The SMILES string of the molecule is CCOC(=O)c1ccccc1NC(=O)N1Cc2c(C)nn(-c3ccccc3)c2-n2cccc2[C@@H]1c1cccc(C)c1. The Labute approximate surface area is 238 Å². The molecule has 0 bridgehead atoms. The van der Waals surface area contributed by atoms with Crippen molar-refractivity contribution in [3.05, 3.63) is 131 Å². The number of urea groups is 1. The van der Waals surface area contributed by atoms with E-state index in [2.05, 4.69) is 16.0 Å². The highest BCUT2D eigenvalue weighted by molar-refractivity contribution is 6.01. The maximum absolute atomic E-state index is 14.3. The van der Waals surface area contributed by atoms with Crippen molar-refractivity contribution < 1.29 is 14.3 Å². The molecule has 5 aromatic rings. The first-order valence-electron chi connectivity index (χ1n) is 13.7. The van der Waals surface area contributed by atoms with Crippen LogP contribution in [0.4, 0.5) is 10.5 Å². The molecule has 1 aliphatic heterocycles. The molecule has 0 aliphatic carbocycles. The highest BCUT2D eigenvalue weighted by Gasteiger charge is 2.36. The number of ether oxygens (including phenoxy) is 1. The summed E-state index contributed by atoms with van der Waals surface area (Å²) in [5.74, 6) is 0.416. The Morgan fingerprint density at radius 3 is 2.51 bits per heavy atom. The topological polar surface area (TPSA) is 81.4 Å². The molecule has 0 saturated heterocycles. The van der Waals surface area contributed by atoms with Crippen LogP contribution in [-0.2, 0) is 11.3 Å². The predicted octanol–water partition coefficient (Wildman–Crippen LogP) is 6.59. The first kappa shape index (κ1) is 26.1. The molecule has 206 valence electrons. The lowest BCUT2D eigenvalue weighted by molar-refractivity contribution is 0.0527. The van der Waals surface area contributed by atoms with E-state index in [-0.39, 0.29) is 12.6 Å². The predicted molar refractivity (Wildman–Crippen MR) is 158 cm³/mol. The number of hydrogen-bond acceptors (Lipinski definition) is 4. The van der Waals surface area contributed by atoms with Gasteiger partial charge in [0.1, 0.15) is 5.82 Å². The molecule has 2 aromatic heterocycles. The van der Waals surface area contributed by atoms with Crippen molar-refractivity contribution in [3.8, 4) is 11.5 Å². The van der Waals surface area contributed by atoms with Crippen LogP contribution in [0.1, 0.15) is 51.4 Å². The van der Waals surface area contributed by atoms with Gasteiger partial charge < -0.3 is 19.5 Å². The number of nitrogens with zero attached hydrogens (tertiary/aromatic N) is 4. The third kappa shape index (κ3) is 4.78. The molecule has 6 rings (SSSR count). The number of amides is 2. The maximum atomic E-state index is 14.3. The molecule has 0 fully saturated rings. The van der Waals surface area contributed by atoms with Crippen LogP contribution >= 0.6 is 0 Å². The number of fused-ring (bicyclic) bond motifs is 3. The number of aromatic nitrogens is 3. The van der Waals surface area contributed by atoms with Crippen molar-refractivity contribution in [3.63, 3.8) is 0 Å². The molecule has 3 heterocycles. The van der Waals surface area contributed by atoms with Crippen molar-refractivity contribution in [1.29, 1.82) is 0 Å². The standard InChI is InChI=1S/C33H31N5O3/c1-4-41-32(39)26-16-8-9-17-28(26)34-33(40)37-21-27-23(3)35-38(25-14-6-5-7-15-25)31(27)36-19-11-18-29(36)30(37)24-13-10-12-22(2)20-24/h5-20,30H,4,21H2,1-3H3,(H,34,40)/t30-/m0/s1. The zero-order valence-corrected chi connectivity index (χ0v) is 23.2. The molecular weight excluding hydrogens is 514 g/mol. The molecule has 2 amide bonds. The van der Waals surface area contributed by atoms with E-state index in [0.717, 1.165) is 39.6 Å². The molecule has 41 heavy (non-hydrogen) atoms. The van der Waals surface area contributed by atoms with Gasteiger partial charge in [-0.25, -0.2) is 14.3 Å². The fourth-order valence-corrected chi connectivity index (χ4v) is 5.51. The largest absolute Gasteiger partial charge is 0.462 e. The second-order valence-corrected chi connectivity index (χ2v) is 10.1. The Kier molecular flexibility index (Phi) is 6.89. The molecule has 1 aliphatic rings. The molecule has 1 N–H and O–H groups in total. The Morgan fingerprint density at radius 1 is 0.951 bits per heavy atom. The number of nitrogens with one attached hydrogen (secondary N) is 1. The summed E-state index contributed by atoms with van der Waals surface area (Å²) in [7, 11) is 0. The van der Waals surface area contributed by atoms with Crippen molar-refractivity contribution >= 4 is 17.7 Å². The van der Waals surface area contributed by atoms with Gasteiger partial charge in [-0.05, 0) is 62.7 Å². The van der Waals surface area contributed by atoms with Gasteiger partial charge in [-0.3, -0.25) is 0 Å². The van der Waals surface area contributed by atoms with Crippen LogP contribution in [0.15, 0.2) is 97.2 Å². The van der Waals surface area contributed by atoms with Crippen molar-refractivity contribution in [1.82, 2.24) is 19.2 Å². The Bertz CT molecular complexity index is 1740. The van der Waals surface area contributed by atoms with Gasteiger partial charge in [0, 0.05) is 11.8 Å². The fraction of sp³-hybridized carbons (Fsp3) is 0.182. The van der Waals surface area contributed by atoms with Gasteiger partial charge in [-0.1, -0.05) is 60.2 Å². The minimum Gasteiger partial charge on any atom is -0.462 e. The molecule has 3 aromatic carbocycles. The van der Waals surface area contributed by atoms with E-state index in [4.69, 9.17) is 9.84 Å². The molecular formula is C33H31N5O3. The lowest BCUT2D eigenvalue weighted by Crippen LogP contribution is -2.38. The number of para-hydroxylation sites is 2. The number of esters is 1. The minimum absolute atomic E-state index is 0.243. The van der Waals surface area contributed by atoms with Crippen LogP contribution < -0.4 is 5.32 Å². The Balaban J connectivity index is 1.51. The third-order valence-electron chi connectivity index (χ3n) is 7.37. The van der Waals surface area contributed by atoms with E-state index in [1.807, 2.05) is 90.3 Å². The molecule has 0 unspecified atom stereocenters. The van der Waals surface area contributed by atoms with E-state index in [9.17, 15) is 9.59 Å². The average molecular weight is 546 g/mol. The number of anilines is 1. The number of benzene rings is 3. The van der Waals surface area contributed by atoms with Gasteiger partial charge in [0.2, 0.25) is 0 Å². The summed E-state index contributed by atoms with van der Waals surface area (Å²) in [5, 5.41) is 7.93. The quantitative estimate of drug-likeness (QED) is 0.253. The van der Waals surface area contributed by atoms with Crippen LogP contribution in [0.25, 0.3) is 11.5 Å². The van der Waals surface area contributed by atoms with E-state index in [1.165, 1.54) is 0 Å². The number of carbonyl (C=O) groups excluding carboxylic acids is 2. The second kappa shape index (κ2) is 10.8. The molecule has 1 atom stereocenters. The van der Waals surface area contributed by atoms with Gasteiger partial charge in [0.25, 0.3) is 0 Å². The van der Waals surface area contributed by atoms with Gasteiger partial charge in [0.15, 0.2) is 0 Å². The van der Waals surface area contributed by atoms with Crippen molar-refractivity contribution in [2.24, 2.45) is 0 Å². The maximum Gasteiger partial charge on any atom is 0.340 e. The van der Waals surface area contributed by atoms with Crippen LogP contribution in [0.5, 0.6) is 0 Å². The van der Waals surface area contributed by atoms with Gasteiger partial charge in [-0.2, -0.15) is 5.10 Å². The van der Waals surface area contributed by atoms with Crippen molar-refractivity contribution in [2.75, 3.05) is 11.9 Å². The van der Waals surface area contributed by atoms with E-state index >= 15 is 0 Å². The number of carbonyl (C=O) groups is 2. The highest BCUT2D eigenvalue weighted by Crippen LogP contribution is 2.39. The average Bonchev–Trinajstić information content (AvgIpc) is 3.54. The van der Waals surface area contributed by atoms with Gasteiger partial charge >= 0.3 is 12.0 Å². The number of rotatable bonds is 5. The molecule has 0 saturated carbocycles. The number of hydrogen-bond donors (Lipinski definition) is 1. The number of aryl methyl sites for hydroxylation is 2. The van der Waals surface area contributed by atoms with Crippen LogP contribution in [-0.4, -0.2) is 37.9 Å². The van der Waals surface area contributed by atoms with Crippen LogP contribution in [0.3, 0.4) is 0 Å². The molecule has 0 spiro atoms. The fourth-order valence-electron chi connectivity index (χ4n) is 5.51. The van der Waals surface area contributed by atoms with Gasteiger partial charge in [0.05, 0.1) is 47.5 Å². The monoisotopic (exact) mass is 545 g/mol. The smallest absolute Gasteiger partial charge is 0.340 e. The lowest BCUT2D eigenvalue weighted by Gasteiger charge is -2.31. The minimum atomic E-state index is -0.481. The van der Waals surface area contributed by atoms with Gasteiger partial charge in [-0.15, -0.1) is 0 Å². The summed E-state index contributed by atoms with van der Waals surface area (Å²) in [6.45, 7) is 6.33. The molecule has 0 radical (unpaired) electrons. The van der Waals surface area contributed by atoms with Crippen molar-refractivity contribution in [2.45, 2.75) is 33.4 Å². The summed E-state index contributed by atoms with van der Waals surface area (Å²) < 4.78 is 9.32. The lowest BCUT2D eigenvalue weighted by atomic mass is 10.00.